The molecule has 1 N–H and O–H groups in total. The van der Waals surface area contributed by atoms with E-state index in [1.165, 1.54) is 4.68 Å². The maximum atomic E-state index is 12.7. The summed E-state index contributed by atoms with van der Waals surface area (Å²) in [7, 11) is 0. The molecule has 1 aromatic heterocycles. The van der Waals surface area contributed by atoms with Crippen molar-refractivity contribution in [2.75, 3.05) is 13.2 Å². The highest BCUT2D eigenvalue weighted by Crippen LogP contribution is 2.24. The van der Waals surface area contributed by atoms with Gasteiger partial charge >= 0.3 is 0 Å². The third-order valence-corrected chi connectivity index (χ3v) is 4.81. The first-order valence-electron chi connectivity index (χ1n) is 8.53. The summed E-state index contributed by atoms with van der Waals surface area (Å²) in [5.74, 6) is -0.0743. The number of carbonyl (C=O) groups is 1. The molecule has 0 aliphatic carbocycles. The van der Waals surface area contributed by atoms with Gasteiger partial charge in [-0.1, -0.05) is 29.8 Å². The number of hydrogen-bond donors (Lipinski definition) is 1. The number of nitrogens with zero attached hydrogens (tertiary/aromatic N) is 2. The van der Waals surface area contributed by atoms with E-state index in [9.17, 15) is 9.59 Å². The quantitative estimate of drug-likeness (QED) is 0.844. The van der Waals surface area contributed by atoms with Crippen LogP contribution >= 0.6 is 15.9 Å². The van der Waals surface area contributed by atoms with Gasteiger partial charge < -0.3 is 10.1 Å². The number of hydrogen-bond acceptors (Lipinski definition) is 4. The molecule has 1 saturated heterocycles. The van der Waals surface area contributed by atoms with Gasteiger partial charge in [0.05, 0.1) is 23.7 Å². The molecule has 7 heteroatoms. The molecule has 0 bridgehead atoms. The molecule has 1 amide bonds. The van der Waals surface area contributed by atoms with Crippen molar-refractivity contribution in [1.82, 2.24) is 15.1 Å². The minimum absolute atomic E-state index is 0.0120. The standard InChI is InChI=1S/C18H22BrN3O3/c1-11(2)17-15-8-12(19)5-6-14(15)18(24)22(21-17)9-16(23)20-13-4-3-7-25-10-13/h5-6,8,11,13H,3-4,7,9-10H2,1-2H3,(H,20,23)/t13-/m0/s1. The zero-order valence-corrected chi connectivity index (χ0v) is 16.0. The van der Waals surface area contributed by atoms with Gasteiger partial charge in [0.25, 0.3) is 5.56 Å². The molecule has 0 spiro atoms. The highest BCUT2D eigenvalue weighted by atomic mass is 79.9. The molecule has 6 nitrogen and oxygen atoms in total. The van der Waals surface area contributed by atoms with Crippen molar-refractivity contribution in [3.63, 3.8) is 0 Å². The Balaban J connectivity index is 1.90. The van der Waals surface area contributed by atoms with E-state index in [4.69, 9.17) is 4.74 Å². The third-order valence-electron chi connectivity index (χ3n) is 4.32. The van der Waals surface area contributed by atoms with E-state index in [2.05, 4.69) is 26.3 Å². The van der Waals surface area contributed by atoms with Crippen LogP contribution in [0.5, 0.6) is 0 Å². The molecule has 2 heterocycles. The number of amides is 1. The fraction of sp³-hybridized carbons (Fsp3) is 0.500. The van der Waals surface area contributed by atoms with E-state index in [0.717, 1.165) is 35.0 Å². The fourth-order valence-electron chi connectivity index (χ4n) is 3.08. The maximum Gasteiger partial charge on any atom is 0.275 e. The van der Waals surface area contributed by atoms with E-state index < -0.39 is 0 Å². The first-order valence-corrected chi connectivity index (χ1v) is 9.32. The number of rotatable bonds is 4. The Morgan fingerprint density at radius 2 is 2.24 bits per heavy atom. The van der Waals surface area contributed by atoms with Crippen LogP contribution < -0.4 is 10.9 Å². The van der Waals surface area contributed by atoms with Gasteiger partial charge in [0.15, 0.2) is 0 Å². The van der Waals surface area contributed by atoms with Gasteiger partial charge in [-0.15, -0.1) is 0 Å². The van der Waals surface area contributed by atoms with E-state index in [-0.39, 0.29) is 30.0 Å². The van der Waals surface area contributed by atoms with Crippen LogP contribution in [0, 0.1) is 0 Å². The van der Waals surface area contributed by atoms with Crippen LogP contribution in [-0.2, 0) is 16.1 Å². The lowest BCUT2D eigenvalue weighted by Crippen LogP contribution is -2.43. The Bertz CT molecular complexity index is 841. The van der Waals surface area contributed by atoms with Crippen LogP contribution in [0.15, 0.2) is 27.5 Å². The Kier molecular flexibility index (Phi) is 5.54. The molecule has 1 atom stereocenters. The predicted molar refractivity (Wildman–Crippen MR) is 99.8 cm³/mol. The average Bonchev–Trinajstić information content (AvgIpc) is 2.57. The summed E-state index contributed by atoms with van der Waals surface area (Å²) in [5.41, 5.74) is 0.562. The molecule has 1 fully saturated rings. The molecule has 25 heavy (non-hydrogen) atoms. The van der Waals surface area contributed by atoms with Gasteiger partial charge in [-0.05, 0) is 37.0 Å². The minimum atomic E-state index is -0.248. The van der Waals surface area contributed by atoms with E-state index in [0.29, 0.717) is 12.0 Å². The number of halogens is 1. The summed E-state index contributed by atoms with van der Waals surface area (Å²) in [4.78, 5) is 25.1. The van der Waals surface area contributed by atoms with Gasteiger partial charge in [0, 0.05) is 16.5 Å². The van der Waals surface area contributed by atoms with Crippen molar-refractivity contribution in [2.24, 2.45) is 0 Å². The molecule has 0 saturated carbocycles. The number of aromatic nitrogens is 2. The van der Waals surface area contributed by atoms with Crippen LogP contribution in [0.4, 0.5) is 0 Å². The molecule has 2 aromatic rings. The Labute approximate surface area is 154 Å². The van der Waals surface area contributed by atoms with Crippen LogP contribution in [0.2, 0.25) is 0 Å². The summed E-state index contributed by atoms with van der Waals surface area (Å²) in [6.45, 7) is 5.23. The van der Waals surface area contributed by atoms with Crippen LogP contribution in [0.3, 0.4) is 0 Å². The molecular weight excluding hydrogens is 386 g/mol. The molecule has 134 valence electrons. The summed E-state index contributed by atoms with van der Waals surface area (Å²) in [6, 6.07) is 5.53. The Morgan fingerprint density at radius 1 is 1.44 bits per heavy atom. The zero-order chi connectivity index (χ0) is 18.0. The van der Waals surface area contributed by atoms with Crippen LogP contribution in [0.1, 0.15) is 38.3 Å². The maximum absolute atomic E-state index is 12.7. The van der Waals surface area contributed by atoms with Gasteiger partial charge in [-0.2, -0.15) is 5.10 Å². The van der Waals surface area contributed by atoms with Gasteiger partial charge in [0.2, 0.25) is 5.91 Å². The summed E-state index contributed by atoms with van der Waals surface area (Å²) >= 11 is 3.44. The topological polar surface area (TPSA) is 73.2 Å². The van der Waals surface area contributed by atoms with Gasteiger partial charge in [-0.25, -0.2) is 4.68 Å². The third kappa shape index (κ3) is 4.10. The highest BCUT2D eigenvalue weighted by molar-refractivity contribution is 9.10. The van der Waals surface area contributed by atoms with E-state index in [1.807, 2.05) is 26.0 Å². The van der Waals surface area contributed by atoms with Gasteiger partial charge in [-0.3, -0.25) is 9.59 Å². The first kappa shape index (κ1) is 18.1. The Morgan fingerprint density at radius 3 is 2.92 bits per heavy atom. The normalized spacial score (nSPS) is 17.8. The molecule has 0 radical (unpaired) electrons. The second-order valence-corrected chi connectivity index (χ2v) is 7.59. The number of ether oxygens (including phenoxy) is 1. The summed E-state index contributed by atoms with van der Waals surface area (Å²) < 4.78 is 7.54. The lowest BCUT2D eigenvalue weighted by molar-refractivity contribution is -0.123. The second-order valence-electron chi connectivity index (χ2n) is 6.67. The predicted octanol–water partition coefficient (Wildman–Crippen LogP) is 2.58. The second kappa shape index (κ2) is 7.66. The molecule has 1 aliphatic rings. The number of benzene rings is 1. The lowest BCUT2D eigenvalue weighted by Gasteiger charge is -2.23. The van der Waals surface area contributed by atoms with Gasteiger partial charge in [0.1, 0.15) is 6.54 Å². The highest BCUT2D eigenvalue weighted by Gasteiger charge is 2.19. The molecule has 3 rings (SSSR count). The number of carbonyl (C=O) groups excluding carboxylic acids is 1. The van der Waals surface area contributed by atoms with Crippen LogP contribution in [-0.4, -0.2) is 34.9 Å². The number of nitrogens with one attached hydrogen (secondary N) is 1. The SMILES string of the molecule is CC(C)c1nn(CC(=O)N[C@H]2CCCOC2)c(=O)c2ccc(Br)cc12. The monoisotopic (exact) mass is 407 g/mol. The Hall–Kier alpha value is -1.73. The van der Waals surface area contributed by atoms with Crippen LogP contribution in [0.25, 0.3) is 10.8 Å². The smallest absolute Gasteiger partial charge is 0.275 e. The largest absolute Gasteiger partial charge is 0.379 e. The summed E-state index contributed by atoms with van der Waals surface area (Å²) in [6.07, 6.45) is 1.84. The van der Waals surface area contributed by atoms with Crippen molar-refractivity contribution in [2.45, 2.75) is 45.2 Å². The minimum Gasteiger partial charge on any atom is -0.379 e. The first-order chi connectivity index (χ1) is 12.0. The van der Waals surface area contributed by atoms with Crippen molar-refractivity contribution in [3.05, 3.63) is 38.7 Å². The lowest BCUT2D eigenvalue weighted by atomic mass is 10.0. The molecular formula is C18H22BrN3O3. The van der Waals surface area contributed by atoms with Crippen molar-refractivity contribution >= 4 is 32.6 Å². The zero-order valence-electron chi connectivity index (χ0n) is 14.4. The van der Waals surface area contributed by atoms with E-state index in [1.54, 1.807) is 6.07 Å². The van der Waals surface area contributed by atoms with E-state index >= 15 is 0 Å². The van der Waals surface area contributed by atoms with Crippen molar-refractivity contribution < 1.29 is 9.53 Å². The number of fused-ring (bicyclic) bond motifs is 1. The molecule has 0 unspecified atom stereocenters. The van der Waals surface area contributed by atoms with Crippen molar-refractivity contribution in [1.29, 1.82) is 0 Å². The molecule has 1 aliphatic heterocycles. The average molecular weight is 408 g/mol. The summed E-state index contributed by atoms with van der Waals surface area (Å²) in [5, 5.41) is 8.80. The molecule has 1 aromatic carbocycles. The fourth-order valence-corrected chi connectivity index (χ4v) is 3.44. The van der Waals surface area contributed by atoms with Crippen molar-refractivity contribution in [3.8, 4) is 0 Å².